The van der Waals surface area contributed by atoms with Crippen molar-refractivity contribution in [1.82, 2.24) is 10.3 Å². The summed E-state index contributed by atoms with van der Waals surface area (Å²) in [4.78, 5) is 4.36. The number of aromatic nitrogens is 1. The fraction of sp³-hybridized carbons (Fsp3) is 0.667. The van der Waals surface area contributed by atoms with E-state index < -0.39 is 0 Å². The maximum absolute atomic E-state index is 6.25. The van der Waals surface area contributed by atoms with Gasteiger partial charge in [-0.15, -0.1) is 0 Å². The zero-order valence-electron chi connectivity index (χ0n) is 11.6. The molecule has 1 heterocycles. The van der Waals surface area contributed by atoms with Gasteiger partial charge in [-0.3, -0.25) is 0 Å². The molecular weight excluding hydrogens is 260 g/mol. The Balaban J connectivity index is 1.90. The first-order valence-electron chi connectivity index (χ1n) is 7.31. The van der Waals surface area contributed by atoms with E-state index in [2.05, 4.69) is 17.2 Å². The van der Waals surface area contributed by atoms with Gasteiger partial charge in [-0.1, -0.05) is 24.9 Å². The van der Waals surface area contributed by atoms with E-state index in [9.17, 15) is 0 Å². The van der Waals surface area contributed by atoms with Gasteiger partial charge in [0, 0.05) is 12.7 Å². The Labute approximate surface area is 120 Å². The Kier molecular flexibility index (Phi) is 5.93. The summed E-state index contributed by atoms with van der Waals surface area (Å²) in [5.74, 6) is 0.591. The van der Waals surface area contributed by atoms with Crippen molar-refractivity contribution in [3.8, 4) is 5.88 Å². The monoisotopic (exact) mass is 282 g/mol. The highest BCUT2D eigenvalue weighted by molar-refractivity contribution is 6.31. The minimum atomic E-state index is 0.294. The Bertz CT molecular complexity index is 392. The first-order chi connectivity index (χ1) is 9.29. The molecule has 0 unspecified atom stereocenters. The molecule has 0 aromatic carbocycles. The molecule has 1 aliphatic carbocycles. The maximum Gasteiger partial charge on any atom is 0.232 e. The van der Waals surface area contributed by atoms with Gasteiger partial charge < -0.3 is 10.1 Å². The van der Waals surface area contributed by atoms with Crippen LogP contribution in [-0.2, 0) is 6.54 Å². The lowest BCUT2D eigenvalue weighted by Crippen LogP contribution is -2.20. The lowest BCUT2D eigenvalue weighted by atomic mass is 9.98. The first kappa shape index (κ1) is 14.6. The quantitative estimate of drug-likeness (QED) is 0.802. The highest BCUT2D eigenvalue weighted by atomic mass is 35.5. The summed E-state index contributed by atoms with van der Waals surface area (Å²) in [5.41, 5.74) is 1.11. The average molecular weight is 283 g/mol. The molecule has 0 spiro atoms. The molecule has 0 aliphatic heterocycles. The summed E-state index contributed by atoms with van der Waals surface area (Å²) in [7, 11) is 0. The fourth-order valence-corrected chi connectivity index (χ4v) is 2.63. The zero-order valence-corrected chi connectivity index (χ0v) is 12.4. The molecule has 1 aliphatic rings. The number of ether oxygens (including phenoxy) is 1. The van der Waals surface area contributed by atoms with E-state index in [-0.39, 0.29) is 0 Å². The van der Waals surface area contributed by atoms with Crippen molar-refractivity contribution in [2.24, 2.45) is 0 Å². The molecule has 3 nitrogen and oxygen atoms in total. The number of pyridine rings is 1. The van der Waals surface area contributed by atoms with Crippen molar-refractivity contribution in [3.05, 3.63) is 22.8 Å². The molecule has 0 amide bonds. The summed E-state index contributed by atoms with van der Waals surface area (Å²) in [6, 6.07) is 1.95. The second-order valence-electron chi connectivity index (χ2n) is 5.19. The lowest BCUT2D eigenvalue weighted by Gasteiger charge is -2.22. The normalized spacial score (nSPS) is 16.5. The number of nitrogens with zero attached hydrogens (tertiary/aromatic N) is 1. The number of hydrogen-bond donors (Lipinski definition) is 1. The van der Waals surface area contributed by atoms with E-state index in [4.69, 9.17) is 16.3 Å². The van der Waals surface area contributed by atoms with Crippen LogP contribution in [0.5, 0.6) is 5.88 Å². The van der Waals surface area contributed by atoms with Gasteiger partial charge in [0.2, 0.25) is 5.88 Å². The van der Waals surface area contributed by atoms with E-state index in [0.29, 0.717) is 17.0 Å². The Morgan fingerprint density at radius 1 is 1.37 bits per heavy atom. The van der Waals surface area contributed by atoms with Crippen molar-refractivity contribution in [2.75, 3.05) is 6.54 Å². The third-order valence-electron chi connectivity index (χ3n) is 3.45. The first-order valence-corrected chi connectivity index (χ1v) is 7.69. The second kappa shape index (κ2) is 7.71. The summed E-state index contributed by atoms with van der Waals surface area (Å²) in [6.07, 6.45) is 9.35. The molecule has 4 heteroatoms. The largest absolute Gasteiger partial charge is 0.473 e. The predicted molar refractivity (Wildman–Crippen MR) is 78.7 cm³/mol. The average Bonchev–Trinajstić information content (AvgIpc) is 2.43. The van der Waals surface area contributed by atoms with Crippen LogP contribution >= 0.6 is 11.6 Å². The van der Waals surface area contributed by atoms with Crippen molar-refractivity contribution >= 4 is 11.6 Å². The van der Waals surface area contributed by atoms with Crippen LogP contribution in [0.3, 0.4) is 0 Å². The van der Waals surface area contributed by atoms with Crippen LogP contribution in [0.1, 0.15) is 51.0 Å². The summed E-state index contributed by atoms with van der Waals surface area (Å²) < 4.78 is 5.90. The maximum atomic E-state index is 6.25. The van der Waals surface area contributed by atoms with Crippen LogP contribution in [0.25, 0.3) is 0 Å². The molecule has 1 fully saturated rings. The smallest absolute Gasteiger partial charge is 0.232 e. The van der Waals surface area contributed by atoms with Gasteiger partial charge in [0.05, 0.1) is 0 Å². The summed E-state index contributed by atoms with van der Waals surface area (Å²) in [5, 5.41) is 3.97. The molecule has 1 aromatic heterocycles. The molecule has 2 rings (SSSR count). The van der Waals surface area contributed by atoms with Crippen molar-refractivity contribution in [1.29, 1.82) is 0 Å². The minimum Gasteiger partial charge on any atom is -0.473 e. The van der Waals surface area contributed by atoms with Crippen LogP contribution in [0.4, 0.5) is 0 Å². The van der Waals surface area contributed by atoms with Crippen LogP contribution in [0.15, 0.2) is 12.3 Å². The Morgan fingerprint density at radius 3 is 2.84 bits per heavy atom. The molecule has 0 radical (unpaired) electrons. The van der Waals surface area contributed by atoms with Gasteiger partial charge >= 0.3 is 0 Å². The fourth-order valence-electron chi connectivity index (χ4n) is 2.40. The van der Waals surface area contributed by atoms with E-state index in [1.54, 1.807) is 0 Å². The van der Waals surface area contributed by atoms with Gasteiger partial charge in [-0.2, -0.15) is 0 Å². The molecule has 1 N–H and O–H groups in total. The molecule has 19 heavy (non-hydrogen) atoms. The number of hydrogen-bond acceptors (Lipinski definition) is 3. The van der Waals surface area contributed by atoms with Gasteiger partial charge in [0.15, 0.2) is 0 Å². The lowest BCUT2D eigenvalue weighted by molar-refractivity contribution is 0.149. The van der Waals surface area contributed by atoms with Crippen LogP contribution in [0, 0.1) is 0 Å². The van der Waals surface area contributed by atoms with Crippen LogP contribution in [0.2, 0.25) is 5.02 Å². The van der Waals surface area contributed by atoms with Crippen molar-refractivity contribution in [3.63, 3.8) is 0 Å². The highest BCUT2D eigenvalue weighted by Crippen LogP contribution is 2.27. The van der Waals surface area contributed by atoms with E-state index in [1.807, 2.05) is 12.3 Å². The summed E-state index contributed by atoms with van der Waals surface area (Å²) in [6.45, 7) is 3.97. The summed E-state index contributed by atoms with van der Waals surface area (Å²) >= 11 is 6.25. The SMILES string of the molecule is CCCNCc1cnc(OC2CCCCC2)c(Cl)c1. The van der Waals surface area contributed by atoms with Crippen molar-refractivity contribution < 1.29 is 4.74 Å². The molecule has 1 saturated carbocycles. The van der Waals surface area contributed by atoms with Gasteiger partial charge in [0.1, 0.15) is 11.1 Å². The van der Waals surface area contributed by atoms with Gasteiger partial charge in [-0.05, 0) is 50.3 Å². The Morgan fingerprint density at radius 2 is 2.16 bits per heavy atom. The van der Waals surface area contributed by atoms with E-state index in [0.717, 1.165) is 37.9 Å². The third kappa shape index (κ3) is 4.66. The van der Waals surface area contributed by atoms with Crippen LogP contribution in [-0.4, -0.2) is 17.6 Å². The van der Waals surface area contributed by atoms with Gasteiger partial charge in [0.25, 0.3) is 0 Å². The predicted octanol–water partition coefficient (Wildman–Crippen LogP) is 3.95. The number of rotatable bonds is 6. The topological polar surface area (TPSA) is 34.2 Å². The second-order valence-corrected chi connectivity index (χ2v) is 5.59. The molecule has 0 atom stereocenters. The van der Waals surface area contributed by atoms with E-state index in [1.165, 1.54) is 19.3 Å². The zero-order chi connectivity index (χ0) is 13.5. The number of nitrogens with one attached hydrogen (secondary N) is 1. The molecule has 1 aromatic rings. The highest BCUT2D eigenvalue weighted by Gasteiger charge is 2.17. The number of halogens is 1. The standard InChI is InChI=1S/C15H23ClN2O/c1-2-8-17-10-12-9-14(16)15(18-11-12)19-13-6-4-3-5-7-13/h9,11,13,17H,2-8,10H2,1H3. The van der Waals surface area contributed by atoms with Crippen molar-refractivity contribution in [2.45, 2.75) is 58.1 Å². The molecular formula is C15H23ClN2O. The van der Waals surface area contributed by atoms with Crippen LogP contribution < -0.4 is 10.1 Å². The molecule has 106 valence electrons. The molecule has 0 saturated heterocycles. The van der Waals surface area contributed by atoms with E-state index >= 15 is 0 Å². The van der Waals surface area contributed by atoms with Gasteiger partial charge in [-0.25, -0.2) is 4.98 Å². The molecule has 0 bridgehead atoms. The Hall–Kier alpha value is -0.800. The minimum absolute atomic E-state index is 0.294. The third-order valence-corrected chi connectivity index (χ3v) is 3.72.